The number of H-pyrrole nitrogens is 1. The van der Waals surface area contributed by atoms with E-state index in [1.54, 1.807) is 12.1 Å². The van der Waals surface area contributed by atoms with Gasteiger partial charge in [-0.05, 0) is 42.7 Å². The van der Waals surface area contributed by atoms with E-state index in [1.165, 1.54) is 23.1 Å². The zero-order valence-electron chi connectivity index (χ0n) is 15.7. The Morgan fingerprint density at radius 1 is 0.964 bits per heavy atom. The van der Waals surface area contributed by atoms with Crippen LogP contribution in [0.3, 0.4) is 0 Å². The first-order chi connectivity index (χ1) is 13.7. The molecule has 4 aromatic rings. The molecule has 2 aromatic heterocycles. The molecule has 0 radical (unpaired) electrons. The van der Waals surface area contributed by atoms with E-state index in [1.807, 2.05) is 19.1 Å². The van der Waals surface area contributed by atoms with Gasteiger partial charge in [0.05, 0.1) is 0 Å². The van der Waals surface area contributed by atoms with Gasteiger partial charge in [0, 0.05) is 36.3 Å². The van der Waals surface area contributed by atoms with Gasteiger partial charge in [0.25, 0.3) is 0 Å². The van der Waals surface area contributed by atoms with Gasteiger partial charge in [-0.2, -0.15) is 0 Å². The lowest BCUT2D eigenvalue weighted by molar-refractivity contribution is 0.627. The molecule has 4 rings (SSSR count). The summed E-state index contributed by atoms with van der Waals surface area (Å²) in [4.78, 5) is 12.2. The highest BCUT2D eigenvalue weighted by Gasteiger charge is 2.05. The first kappa shape index (κ1) is 18.0. The van der Waals surface area contributed by atoms with E-state index in [0.717, 1.165) is 35.7 Å². The number of aryl methyl sites for hydroxylation is 1. The Balaban J connectivity index is 1.37. The smallest absolute Gasteiger partial charge is 0.132 e. The SMILES string of the molecule is Cc1nc(NCCc2c[nH]c3ccccc23)cc(NCc2ccc(F)cc2)n1. The first-order valence-corrected chi connectivity index (χ1v) is 9.30. The number of hydrogen-bond donors (Lipinski definition) is 3. The second-order valence-electron chi connectivity index (χ2n) is 6.70. The van der Waals surface area contributed by atoms with Crippen LogP contribution in [0.4, 0.5) is 16.0 Å². The zero-order valence-corrected chi connectivity index (χ0v) is 15.7. The Hall–Kier alpha value is -3.41. The fraction of sp³-hybridized carbons (Fsp3) is 0.182. The van der Waals surface area contributed by atoms with E-state index < -0.39 is 0 Å². The van der Waals surface area contributed by atoms with Crippen molar-refractivity contribution in [2.45, 2.75) is 19.9 Å². The number of hydrogen-bond acceptors (Lipinski definition) is 4. The molecule has 0 bridgehead atoms. The monoisotopic (exact) mass is 375 g/mol. The van der Waals surface area contributed by atoms with E-state index in [9.17, 15) is 4.39 Å². The quantitative estimate of drug-likeness (QED) is 0.439. The highest BCUT2D eigenvalue weighted by molar-refractivity contribution is 5.83. The van der Waals surface area contributed by atoms with Gasteiger partial charge in [-0.25, -0.2) is 14.4 Å². The number of aromatic amines is 1. The lowest BCUT2D eigenvalue weighted by Gasteiger charge is -2.10. The lowest BCUT2D eigenvalue weighted by Crippen LogP contribution is -2.09. The molecule has 0 aliphatic heterocycles. The van der Waals surface area contributed by atoms with Crippen LogP contribution in [0.1, 0.15) is 17.0 Å². The molecule has 0 saturated heterocycles. The Labute approximate surface area is 163 Å². The van der Waals surface area contributed by atoms with Crippen molar-refractivity contribution in [3.63, 3.8) is 0 Å². The van der Waals surface area contributed by atoms with Gasteiger partial charge in [-0.1, -0.05) is 30.3 Å². The molecule has 0 atom stereocenters. The largest absolute Gasteiger partial charge is 0.370 e. The second kappa shape index (κ2) is 8.08. The maximum atomic E-state index is 13.0. The normalized spacial score (nSPS) is 10.9. The average molecular weight is 375 g/mol. The van der Waals surface area contributed by atoms with Gasteiger partial charge in [-0.15, -0.1) is 0 Å². The molecule has 2 aromatic carbocycles. The molecule has 6 heteroatoms. The van der Waals surface area contributed by atoms with Crippen LogP contribution in [0.25, 0.3) is 10.9 Å². The fourth-order valence-corrected chi connectivity index (χ4v) is 3.21. The summed E-state index contributed by atoms with van der Waals surface area (Å²) >= 11 is 0. The van der Waals surface area contributed by atoms with E-state index in [2.05, 4.69) is 50.0 Å². The summed E-state index contributed by atoms with van der Waals surface area (Å²) in [6.45, 7) is 3.22. The molecule has 0 aliphatic carbocycles. The molecule has 3 N–H and O–H groups in total. The van der Waals surface area contributed by atoms with Gasteiger partial charge >= 0.3 is 0 Å². The number of fused-ring (bicyclic) bond motifs is 1. The number of anilines is 2. The number of nitrogens with one attached hydrogen (secondary N) is 3. The Morgan fingerprint density at radius 3 is 2.54 bits per heavy atom. The molecule has 0 aliphatic rings. The summed E-state index contributed by atoms with van der Waals surface area (Å²) in [5, 5.41) is 7.91. The molecule has 2 heterocycles. The zero-order chi connectivity index (χ0) is 19.3. The van der Waals surface area contributed by atoms with Gasteiger partial charge in [-0.3, -0.25) is 0 Å². The van der Waals surface area contributed by atoms with Crippen molar-refractivity contribution in [2.75, 3.05) is 17.2 Å². The van der Waals surface area contributed by atoms with Crippen LogP contribution < -0.4 is 10.6 Å². The van der Waals surface area contributed by atoms with Gasteiger partial charge in [0.1, 0.15) is 23.3 Å². The maximum Gasteiger partial charge on any atom is 0.132 e. The molecule has 28 heavy (non-hydrogen) atoms. The number of para-hydroxylation sites is 1. The summed E-state index contributed by atoms with van der Waals surface area (Å²) in [5.74, 6) is 1.99. The number of halogens is 1. The molecule has 0 spiro atoms. The summed E-state index contributed by atoms with van der Waals surface area (Å²) < 4.78 is 13.0. The van der Waals surface area contributed by atoms with Gasteiger partial charge in [0.2, 0.25) is 0 Å². The van der Waals surface area contributed by atoms with Crippen molar-refractivity contribution in [1.29, 1.82) is 0 Å². The van der Waals surface area contributed by atoms with Crippen LogP contribution >= 0.6 is 0 Å². The first-order valence-electron chi connectivity index (χ1n) is 9.30. The number of aromatic nitrogens is 3. The highest BCUT2D eigenvalue weighted by atomic mass is 19.1. The summed E-state index contributed by atoms with van der Waals surface area (Å²) in [7, 11) is 0. The Morgan fingerprint density at radius 2 is 1.71 bits per heavy atom. The van der Waals surface area contributed by atoms with Gasteiger partial charge < -0.3 is 15.6 Å². The van der Waals surface area contributed by atoms with Crippen molar-refractivity contribution in [2.24, 2.45) is 0 Å². The molecule has 0 fully saturated rings. The van der Waals surface area contributed by atoms with Crippen LogP contribution in [0, 0.1) is 12.7 Å². The molecule has 0 amide bonds. The van der Waals surface area contributed by atoms with Gasteiger partial charge in [0.15, 0.2) is 0 Å². The van der Waals surface area contributed by atoms with Crippen molar-refractivity contribution in [3.8, 4) is 0 Å². The molecule has 142 valence electrons. The molecule has 5 nitrogen and oxygen atoms in total. The number of nitrogens with zero attached hydrogens (tertiary/aromatic N) is 2. The van der Waals surface area contributed by atoms with E-state index >= 15 is 0 Å². The van der Waals surface area contributed by atoms with Crippen LogP contribution in [-0.2, 0) is 13.0 Å². The van der Waals surface area contributed by atoms with Crippen LogP contribution in [0.15, 0.2) is 60.8 Å². The van der Waals surface area contributed by atoms with Crippen LogP contribution in [-0.4, -0.2) is 21.5 Å². The molecular formula is C22H22FN5. The predicted molar refractivity (Wildman–Crippen MR) is 111 cm³/mol. The van der Waals surface area contributed by atoms with Crippen LogP contribution in [0.2, 0.25) is 0 Å². The fourth-order valence-electron chi connectivity index (χ4n) is 3.21. The third-order valence-corrected chi connectivity index (χ3v) is 4.60. The minimum atomic E-state index is -0.233. The topological polar surface area (TPSA) is 65.6 Å². The number of rotatable bonds is 7. The Bertz CT molecular complexity index is 1070. The second-order valence-corrected chi connectivity index (χ2v) is 6.70. The molecule has 0 saturated carbocycles. The predicted octanol–water partition coefficient (Wildman–Crippen LogP) is 4.67. The average Bonchev–Trinajstić information content (AvgIpc) is 3.11. The Kier molecular flexibility index (Phi) is 5.19. The number of benzene rings is 2. The minimum Gasteiger partial charge on any atom is -0.370 e. The molecular weight excluding hydrogens is 353 g/mol. The van der Waals surface area contributed by atoms with E-state index in [4.69, 9.17) is 0 Å². The maximum absolute atomic E-state index is 13.0. The van der Waals surface area contributed by atoms with E-state index in [-0.39, 0.29) is 5.82 Å². The van der Waals surface area contributed by atoms with Crippen LogP contribution in [0.5, 0.6) is 0 Å². The third kappa shape index (κ3) is 4.28. The third-order valence-electron chi connectivity index (χ3n) is 4.60. The van der Waals surface area contributed by atoms with Crippen molar-refractivity contribution < 1.29 is 4.39 Å². The summed E-state index contributed by atoms with van der Waals surface area (Å²) in [6, 6.07) is 16.6. The highest BCUT2D eigenvalue weighted by Crippen LogP contribution is 2.18. The lowest BCUT2D eigenvalue weighted by atomic mass is 10.1. The minimum absolute atomic E-state index is 0.233. The van der Waals surface area contributed by atoms with Crippen molar-refractivity contribution >= 4 is 22.5 Å². The van der Waals surface area contributed by atoms with Crippen molar-refractivity contribution in [1.82, 2.24) is 15.0 Å². The standard InChI is InChI=1S/C22H22FN5/c1-15-27-21(12-22(28-15)26-13-16-6-8-18(23)9-7-16)24-11-10-17-14-25-20-5-3-2-4-19(17)20/h2-9,12,14,25H,10-11,13H2,1H3,(H2,24,26,27,28). The summed E-state index contributed by atoms with van der Waals surface area (Å²) in [6.07, 6.45) is 2.96. The molecule has 0 unspecified atom stereocenters. The van der Waals surface area contributed by atoms with E-state index in [0.29, 0.717) is 12.4 Å². The summed E-state index contributed by atoms with van der Waals surface area (Å²) in [5.41, 5.74) is 3.43. The van der Waals surface area contributed by atoms with Crippen molar-refractivity contribution in [3.05, 3.63) is 83.6 Å².